The van der Waals surface area contributed by atoms with Gasteiger partial charge in [-0.1, -0.05) is 24.3 Å². The van der Waals surface area contributed by atoms with Crippen molar-refractivity contribution in [3.63, 3.8) is 0 Å². The van der Waals surface area contributed by atoms with Gasteiger partial charge in [0.15, 0.2) is 0 Å². The topological polar surface area (TPSA) is 82.4 Å². The third kappa shape index (κ3) is 4.31. The average molecular weight is 397 g/mol. The normalized spacial score (nSPS) is 15.5. The van der Waals surface area contributed by atoms with E-state index in [0.29, 0.717) is 23.5 Å². The van der Waals surface area contributed by atoms with E-state index in [1.54, 1.807) is 41.3 Å². The van der Waals surface area contributed by atoms with Crippen LogP contribution in [0.1, 0.15) is 12.0 Å². The summed E-state index contributed by atoms with van der Waals surface area (Å²) in [6.45, 7) is 0.307. The summed E-state index contributed by atoms with van der Waals surface area (Å²) in [5.74, 6) is 0.620. The summed E-state index contributed by atoms with van der Waals surface area (Å²) < 4.78 is 5.78. The van der Waals surface area contributed by atoms with Gasteiger partial charge in [0.2, 0.25) is 11.8 Å². The molecule has 6 nitrogen and oxygen atoms in total. The van der Waals surface area contributed by atoms with E-state index >= 15 is 0 Å². The molecule has 1 aliphatic rings. The molecule has 3 aromatic rings. The second kappa shape index (κ2) is 8.50. The van der Waals surface area contributed by atoms with Crippen LogP contribution in [-0.4, -0.2) is 18.4 Å². The van der Waals surface area contributed by atoms with Crippen LogP contribution in [-0.2, 0) is 9.59 Å². The van der Waals surface area contributed by atoms with Crippen LogP contribution in [0.2, 0.25) is 0 Å². The highest BCUT2D eigenvalue weighted by atomic mass is 16.5. The highest BCUT2D eigenvalue weighted by Gasteiger charge is 2.35. The van der Waals surface area contributed by atoms with E-state index in [0.717, 1.165) is 11.4 Å². The van der Waals surface area contributed by atoms with Crippen molar-refractivity contribution in [1.82, 2.24) is 0 Å². The number of nitrogens with zero attached hydrogens (tertiary/aromatic N) is 2. The van der Waals surface area contributed by atoms with Gasteiger partial charge in [0.1, 0.15) is 11.5 Å². The summed E-state index contributed by atoms with van der Waals surface area (Å²) in [5, 5.41) is 11.8. The highest BCUT2D eigenvalue weighted by molar-refractivity contribution is 6.03. The van der Waals surface area contributed by atoms with Crippen molar-refractivity contribution in [3.05, 3.63) is 84.4 Å². The molecule has 1 heterocycles. The molecule has 0 spiro atoms. The summed E-state index contributed by atoms with van der Waals surface area (Å²) >= 11 is 0. The molecule has 0 aliphatic carbocycles. The number of hydrogen-bond donors (Lipinski definition) is 1. The monoisotopic (exact) mass is 397 g/mol. The van der Waals surface area contributed by atoms with E-state index in [9.17, 15) is 9.59 Å². The standard InChI is InChI=1S/C24H19N3O3/c25-15-17-5-4-6-19(13-17)26-24(29)18-14-23(28)27(16-18)20-9-11-22(12-10-20)30-21-7-2-1-3-8-21/h1-13,18H,14,16H2,(H,26,29). The molecular weight excluding hydrogens is 378 g/mol. The fourth-order valence-corrected chi connectivity index (χ4v) is 3.36. The van der Waals surface area contributed by atoms with Gasteiger partial charge in [-0.25, -0.2) is 0 Å². The lowest BCUT2D eigenvalue weighted by atomic mass is 10.1. The number of carbonyl (C=O) groups excluding carboxylic acids is 2. The smallest absolute Gasteiger partial charge is 0.229 e. The van der Waals surface area contributed by atoms with Crippen LogP contribution in [0.15, 0.2) is 78.9 Å². The van der Waals surface area contributed by atoms with Gasteiger partial charge in [0.25, 0.3) is 0 Å². The first-order chi connectivity index (χ1) is 14.6. The Morgan fingerprint density at radius 3 is 2.47 bits per heavy atom. The number of nitrogens with one attached hydrogen (secondary N) is 1. The van der Waals surface area contributed by atoms with Crippen LogP contribution in [0.5, 0.6) is 11.5 Å². The number of para-hydroxylation sites is 1. The molecular formula is C24H19N3O3. The maximum atomic E-state index is 12.6. The third-order valence-electron chi connectivity index (χ3n) is 4.88. The zero-order chi connectivity index (χ0) is 20.9. The van der Waals surface area contributed by atoms with Crippen LogP contribution < -0.4 is 15.0 Å². The molecule has 148 valence electrons. The molecule has 1 saturated heterocycles. The number of hydrogen-bond acceptors (Lipinski definition) is 4. The lowest BCUT2D eigenvalue weighted by Gasteiger charge is -2.17. The predicted octanol–water partition coefficient (Wildman–Crippen LogP) is 4.34. The molecule has 1 unspecified atom stereocenters. The van der Waals surface area contributed by atoms with Gasteiger partial charge in [0, 0.05) is 24.3 Å². The van der Waals surface area contributed by atoms with Gasteiger partial charge < -0.3 is 15.0 Å². The Morgan fingerprint density at radius 1 is 1.00 bits per heavy atom. The number of benzene rings is 3. The lowest BCUT2D eigenvalue weighted by molar-refractivity contribution is -0.122. The van der Waals surface area contributed by atoms with Gasteiger partial charge >= 0.3 is 0 Å². The van der Waals surface area contributed by atoms with E-state index in [4.69, 9.17) is 10.00 Å². The molecule has 3 aromatic carbocycles. The molecule has 1 aliphatic heterocycles. The first-order valence-electron chi connectivity index (χ1n) is 9.57. The van der Waals surface area contributed by atoms with E-state index in [1.165, 1.54) is 0 Å². The Kier molecular flexibility index (Phi) is 5.44. The highest BCUT2D eigenvalue weighted by Crippen LogP contribution is 2.29. The molecule has 2 amide bonds. The first kappa shape index (κ1) is 19.2. The Labute approximate surface area is 174 Å². The predicted molar refractivity (Wildman–Crippen MR) is 113 cm³/mol. The minimum Gasteiger partial charge on any atom is -0.457 e. The maximum Gasteiger partial charge on any atom is 0.229 e. The Balaban J connectivity index is 1.40. The summed E-state index contributed by atoms with van der Waals surface area (Å²) in [5.41, 5.74) is 1.74. The molecule has 0 aromatic heterocycles. The fourth-order valence-electron chi connectivity index (χ4n) is 3.36. The van der Waals surface area contributed by atoms with Crippen molar-refractivity contribution in [3.8, 4) is 17.6 Å². The first-order valence-corrected chi connectivity index (χ1v) is 9.57. The number of amides is 2. The Bertz CT molecular complexity index is 1100. The summed E-state index contributed by atoms with van der Waals surface area (Å²) in [4.78, 5) is 26.7. The zero-order valence-corrected chi connectivity index (χ0v) is 16.1. The average Bonchev–Trinajstić information content (AvgIpc) is 3.17. The number of ether oxygens (including phenoxy) is 1. The summed E-state index contributed by atoms with van der Waals surface area (Å²) in [6.07, 6.45) is 0.145. The summed E-state index contributed by atoms with van der Waals surface area (Å²) in [6, 6.07) is 25.4. The molecule has 1 atom stereocenters. The Morgan fingerprint density at radius 2 is 1.73 bits per heavy atom. The zero-order valence-electron chi connectivity index (χ0n) is 16.1. The number of rotatable bonds is 5. The van der Waals surface area contributed by atoms with Crippen molar-refractivity contribution in [2.45, 2.75) is 6.42 Å². The summed E-state index contributed by atoms with van der Waals surface area (Å²) in [7, 11) is 0. The van der Waals surface area contributed by atoms with Crippen LogP contribution in [0, 0.1) is 17.2 Å². The van der Waals surface area contributed by atoms with E-state index in [-0.39, 0.29) is 18.2 Å². The second-order valence-electron chi connectivity index (χ2n) is 7.00. The van der Waals surface area contributed by atoms with E-state index in [1.807, 2.05) is 48.5 Å². The molecule has 1 N–H and O–H groups in total. The lowest BCUT2D eigenvalue weighted by Crippen LogP contribution is -2.28. The fraction of sp³-hybridized carbons (Fsp3) is 0.125. The van der Waals surface area contributed by atoms with Crippen molar-refractivity contribution in [2.24, 2.45) is 5.92 Å². The van der Waals surface area contributed by atoms with Crippen molar-refractivity contribution in [1.29, 1.82) is 5.26 Å². The quantitative estimate of drug-likeness (QED) is 0.694. The minimum atomic E-state index is -0.455. The third-order valence-corrected chi connectivity index (χ3v) is 4.88. The van der Waals surface area contributed by atoms with Gasteiger partial charge in [-0.2, -0.15) is 5.26 Å². The number of nitriles is 1. The van der Waals surface area contributed by atoms with Crippen molar-refractivity contribution >= 4 is 23.2 Å². The van der Waals surface area contributed by atoms with Gasteiger partial charge in [-0.15, -0.1) is 0 Å². The molecule has 0 saturated carbocycles. The molecule has 30 heavy (non-hydrogen) atoms. The minimum absolute atomic E-state index is 0.0994. The molecule has 1 fully saturated rings. The van der Waals surface area contributed by atoms with Gasteiger partial charge in [-0.3, -0.25) is 9.59 Å². The largest absolute Gasteiger partial charge is 0.457 e. The molecule has 4 rings (SSSR count). The van der Waals surface area contributed by atoms with Crippen molar-refractivity contribution in [2.75, 3.05) is 16.8 Å². The molecule has 0 bridgehead atoms. The van der Waals surface area contributed by atoms with Gasteiger partial charge in [-0.05, 0) is 54.6 Å². The van der Waals surface area contributed by atoms with E-state index in [2.05, 4.69) is 5.32 Å². The molecule has 6 heteroatoms. The van der Waals surface area contributed by atoms with E-state index < -0.39 is 5.92 Å². The molecule has 0 radical (unpaired) electrons. The van der Waals surface area contributed by atoms with Crippen LogP contribution in [0.25, 0.3) is 0 Å². The Hall–Kier alpha value is -4.11. The number of anilines is 2. The SMILES string of the molecule is N#Cc1cccc(NC(=O)C2CC(=O)N(c3ccc(Oc4ccccc4)cc3)C2)c1. The van der Waals surface area contributed by atoms with Crippen LogP contribution >= 0.6 is 0 Å². The van der Waals surface area contributed by atoms with Crippen molar-refractivity contribution < 1.29 is 14.3 Å². The van der Waals surface area contributed by atoms with Gasteiger partial charge in [0.05, 0.1) is 17.6 Å². The maximum absolute atomic E-state index is 12.6. The van der Waals surface area contributed by atoms with Crippen LogP contribution in [0.3, 0.4) is 0 Å². The van der Waals surface area contributed by atoms with Crippen LogP contribution in [0.4, 0.5) is 11.4 Å². The second-order valence-corrected chi connectivity index (χ2v) is 7.00. The number of carbonyl (C=O) groups is 2.